The Bertz CT molecular complexity index is 584. The van der Waals surface area contributed by atoms with Crippen LogP contribution in [0.4, 0.5) is 4.79 Å². The average Bonchev–Trinajstić information content (AvgIpc) is 3.07. The molecule has 2 amide bonds. The van der Waals surface area contributed by atoms with Gasteiger partial charge in [0.15, 0.2) is 0 Å². The number of nitrogens with one attached hydrogen (secondary N) is 1. The summed E-state index contributed by atoms with van der Waals surface area (Å²) in [5.41, 5.74) is 3.86. The van der Waals surface area contributed by atoms with Gasteiger partial charge in [-0.3, -0.25) is 0 Å². The minimum atomic E-state index is -0.359. The lowest BCUT2D eigenvalue weighted by atomic mass is 9.89. The van der Waals surface area contributed by atoms with Gasteiger partial charge in [-0.15, -0.1) is 0 Å². The third kappa shape index (κ3) is 4.15. The maximum atomic E-state index is 12.7. The topological polar surface area (TPSA) is 61.8 Å². The number of amides is 2. The molecule has 25 heavy (non-hydrogen) atoms. The third-order valence-electron chi connectivity index (χ3n) is 5.71. The Morgan fingerprint density at radius 3 is 2.80 bits per heavy atom. The van der Waals surface area contributed by atoms with Crippen LogP contribution in [0, 0.1) is 19.8 Å². The first kappa shape index (κ1) is 18.2. The molecule has 0 unspecified atom stereocenters. The Morgan fingerprint density at radius 2 is 2.08 bits per heavy atom. The van der Waals surface area contributed by atoms with E-state index in [1.54, 1.807) is 0 Å². The van der Waals surface area contributed by atoms with Crippen molar-refractivity contribution in [2.24, 2.45) is 5.92 Å². The molecule has 5 nitrogen and oxygen atoms in total. The van der Waals surface area contributed by atoms with E-state index in [1.165, 1.54) is 16.7 Å². The number of likely N-dealkylation sites (tertiary alicyclic amines) is 1. The molecular weight excluding hydrogens is 316 g/mol. The van der Waals surface area contributed by atoms with Gasteiger partial charge in [-0.2, -0.15) is 0 Å². The van der Waals surface area contributed by atoms with Gasteiger partial charge in [-0.25, -0.2) is 4.79 Å². The van der Waals surface area contributed by atoms with Crippen molar-refractivity contribution in [1.82, 2.24) is 10.2 Å². The van der Waals surface area contributed by atoms with Crippen molar-refractivity contribution < 1.29 is 14.6 Å². The summed E-state index contributed by atoms with van der Waals surface area (Å²) in [6, 6.07) is 6.39. The smallest absolute Gasteiger partial charge is 0.317 e. The number of nitrogens with zero attached hydrogens (tertiary/aromatic N) is 1. The van der Waals surface area contributed by atoms with Crippen LogP contribution in [-0.4, -0.2) is 54.5 Å². The van der Waals surface area contributed by atoms with Crippen molar-refractivity contribution in [2.45, 2.75) is 51.7 Å². The first-order chi connectivity index (χ1) is 12.1. The van der Waals surface area contributed by atoms with E-state index in [-0.39, 0.29) is 24.1 Å². The zero-order valence-corrected chi connectivity index (χ0v) is 15.3. The molecular formula is C20H30N2O3. The number of ether oxygens (including phenoxy) is 1. The van der Waals surface area contributed by atoms with E-state index >= 15 is 0 Å². The summed E-state index contributed by atoms with van der Waals surface area (Å²) in [7, 11) is 0. The second-order valence-electron chi connectivity index (χ2n) is 7.35. The summed E-state index contributed by atoms with van der Waals surface area (Å²) in [5, 5.41) is 13.4. The summed E-state index contributed by atoms with van der Waals surface area (Å²) in [6.07, 6.45) is 3.11. The molecule has 3 atom stereocenters. The molecule has 138 valence electrons. The van der Waals surface area contributed by atoms with Crippen molar-refractivity contribution in [3.63, 3.8) is 0 Å². The third-order valence-corrected chi connectivity index (χ3v) is 5.71. The van der Waals surface area contributed by atoms with Gasteiger partial charge in [-0.1, -0.05) is 18.2 Å². The van der Waals surface area contributed by atoms with Gasteiger partial charge in [-0.05, 0) is 56.2 Å². The number of aliphatic hydroxyl groups excluding tert-OH is 1. The maximum absolute atomic E-state index is 12.7. The fourth-order valence-corrected chi connectivity index (χ4v) is 4.25. The number of aliphatic hydroxyl groups is 1. The molecule has 3 rings (SSSR count). The van der Waals surface area contributed by atoms with Crippen LogP contribution in [0.1, 0.15) is 36.0 Å². The van der Waals surface area contributed by atoms with Crippen molar-refractivity contribution >= 4 is 6.03 Å². The first-order valence-electron chi connectivity index (χ1n) is 9.43. The fraction of sp³-hybridized carbons (Fsp3) is 0.650. The molecule has 2 heterocycles. The lowest BCUT2D eigenvalue weighted by Crippen LogP contribution is -2.51. The lowest BCUT2D eigenvalue weighted by molar-refractivity contribution is -0.0576. The van der Waals surface area contributed by atoms with E-state index in [0.717, 1.165) is 25.8 Å². The van der Waals surface area contributed by atoms with Crippen LogP contribution in [0.15, 0.2) is 18.2 Å². The monoisotopic (exact) mass is 346 g/mol. The van der Waals surface area contributed by atoms with Gasteiger partial charge in [0.25, 0.3) is 0 Å². The predicted molar refractivity (Wildman–Crippen MR) is 97.7 cm³/mol. The van der Waals surface area contributed by atoms with Crippen LogP contribution in [0.2, 0.25) is 0 Å². The number of carbonyl (C=O) groups excluding carboxylic acids is 1. The molecule has 2 saturated heterocycles. The van der Waals surface area contributed by atoms with E-state index in [0.29, 0.717) is 26.2 Å². The normalized spacial score (nSPS) is 26.7. The van der Waals surface area contributed by atoms with Gasteiger partial charge in [0.2, 0.25) is 0 Å². The minimum Gasteiger partial charge on any atom is -0.393 e. The largest absolute Gasteiger partial charge is 0.393 e. The highest BCUT2D eigenvalue weighted by molar-refractivity contribution is 5.75. The molecule has 2 N–H and O–H groups in total. The van der Waals surface area contributed by atoms with Crippen LogP contribution in [0.25, 0.3) is 0 Å². The van der Waals surface area contributed by atoms with Crippen LogP contribution in [0.3, 0.4) is 0 Å². The van der Waals surface area contributed by atoms with Crippen LogP contribution in [-0.2, 0) is 11.2 Å². The maximum Gasteiger partial charge on any atom is 0.317 e. The Morgan fingerprint density at radius 1 is 1.32 bits per heavy atom. The summed E-state index contributed by atoms with van der Waals surface area (Å²) in [4.78, 5) is 14.6. The zero-order valence-electron chi connectivity index (χ0n) is 15.3. The molecule has 0 bridgehead atoms. The summed E-state index contributed by atoms with van der Waals surface area (Å²) >= 11 is 0. The number of hydrogen-bond acceptors (Lipinski definition) is 3. The second-order valence-corrected chi connectivity index (χ2v) is 7.35. The van der Waals surface area contributed by atoms with Crippen molar-refractivity contribution in [3.05, 3.63) is 34.9 Å². The van der Waals surface area contributed by atoms with Crippen LogP contribution >= 0.6 is 0 Å². The lowest BCUT2D eigenvalue weighted by Gasteiger charge is -2.36. The number of aryl methyl sites for hydroxylation is 2. The van der Waals surface area contributed by atoms with Crippen LogP contribution < -0.4 is 5.32 Å². The zero-order chi connectivity index (χ0) is 17.8. The van der Waals surface area contributed by atoms with Gasteiger partial charge >= 0.3 is 6.03 Å². The SMILES string of the molecule is Cc1cccc(C)c1CCNC(=O)N1CCC[C@@H]1[C@H]1COCC[C@@H]1O. The van der Waals surface area contributed by atoms with Gasteiger partial charge in [0.05, 0.1) is 12.7 Å². The summed E-state index contributed by atoms with van der Waals surface area (Å²) in [5.74, 6) is 0.0422. The summed E-state index contributed by atoms with van der Waals surface area (Å²) < 4.78 is 5.54. The quantitative estimate of drug-likeness (QED) is 0.880. The van der Waals surface area contributed by atoms with E-state index in [9.17, 15) is 9.90 Å². The number of hydrogen-bond donors (Lipinski definition) is 2. The highest BCUT2D eigenvalue weighted by Crippen LogP contribution is 2.29. The molecule has 0 aromatic heterocycles. The van der Waals surface area contributed by atoms with Gasteiger partial charge in [0, 0.05) is 31.7 Å². The van der Waals surface area contributed by atoms with E-state index < -0.39 is 0 Å². The molecule has 5 heteroatoms. The standard InChI is InChI=1S/C20H30N2O3/c1-14-5-3-6-15(2)16(14)8-10-21-20(24)22-11-4-7-18(22)17-13-25-12-9-19(17)23/h3,5-6,17-19,23H,4,7-13H2,1-2H3,(H,21,24)/t17-,18-,19+/m1/s1. The number of urea groups is 1. The van der Waals surface area contributed by atoms with Gasteiger partial charge in [0.1, 0.15) is 0 Å². The van der Waals surface area contributed by atoms with E-state index in [1.807, 2.05) is 4.90 Å². The van der Waals surface area contributed by atoms with Crippen molar-refractivity contribution in [3.8, 4) is 0 Å². The predicted octanol–water partition coefficient (Wildman–Crippen LogP) is 2.42. The molecule has 0 spiro atoms. The molecule has 1 aromatic carbocycles. The minimum absolute atomic E-state index is 0.00786. The van der Waals surface area contributed by atoms with Gasteiger partial charge < -0.3 is 20.1 Å². The second kappa shape index (κ2) is 8.19. The number of rotatable bonds is 4. The van der Waals surface area contributed by atoms with Crippen LogP contribution in [0.5, 0.6) is 0 Å². The molecule has 0 radical (unpaired) electrons. The molecule has 0 aliphatic carbocycles. The Balaban J connectivity index is 1.55. The summed E-state index contributed by atoms with van der Waals surface area (Å²) in [6.45, 7) is 6.81. The molecule has 2 aliphatic rings. The first-order valence-corrected chi connectivity index (χ1v) is 9.43. The fourth-order valence-electron chi connectivity index (χ4n) is 4.25. The van der Waals surface area contributed by atoms with E-state index in [2.05, 4.69) is 37.4 Å². The van der Waals surface area contributed by atoms with Crippen molar-refractivity contribution in [1.29, 1.82) is 0 Å². The Hall–Kier alpha value is -1.59. The number of benzene rings is 1. The number of carbonyl (C=O) groups is 1. The van der Waals surface area contributed by atoms with Crippen molar-refractivity contribution in [2.75, 3.05) is 26.3 Å². The Kier molecular flexibility index (Phi) is 5.97. The highest BCUT2D eigenvalue weighted by atomic mass is 16.5. The molecule has 1 aromatic rings. The molecule has 2 aliphatic heterocycles. The average molecular weight is 346 g/mol. The highest BCUT2D eigenvalue weighted by Gasteiger charge is 2.39. The Labute approximate surface area is 150 Å². The molecule has 2 fully saturated rings. The molecule has 0 saturated carbocycles. The van der Waals surface area contributed by atoms with E-state index in [4.69, 9.17) is 4.74 Å².